The van der Waals surface area contributed by atoms with Crippen LogP contribution < -0.4 is 0 Å². The van der Waals surface area contributed by atoms with Crippen molar-refractivity contribution in [1.29, 1.82) is 0 Å². The van der Waals surface area contributed by atoms with Crippen LogP contribution in [0.5, 0.6) is 0 Å². The summed E-state index contributed by atoms with van der Waals surface area (Å²) in [7, 11) is 0. The van der Waals surface area contributed by atoms with Gasteiger partial charge >= 0.3 is 0 Å². The zero-order valence-electron chi connectivity index (χ0n) is 30.8. The van der Waals surface area contributed by atoms with Crippen molar-refractivity contribution >= 4 is 0 Å². The van der Waals surface area contributed by atoms with Crippen LogP contribution in [-0.2, 0) is 11.2 Å². The van der Waals surface area contributed by atoms with E-state index in [1.807, 2.05) is 158 Å². The molecule has 9 rings (SSSR count). The van der Waals surface area contributed by atoms with E-state index in [2.05, 4.69) is 61.3 Å². The van der Waals surface area contributed by atoms with E-state index < -0.39 is 11.2 Å². The van der Waals surface area contributed by atoms with Crippen molar-refractivity contribution in [2.75, 3.05) is 0 Å². The molecule has 0 saturated carbocycles. The third-order valence-corrected chi connectivity index (χ3v) is 10.1. The Hall–Kier alpha value is -6.56. The van der Waals surface area contributed by atoms with Gasteiger partial charge in [0.15, 0.2) is 11.2 Å². The first-order valence-electron chi connectivity index (χ1n) is 17.9. The van der Waals surface area contributed by atoms with Crippen LogP contribution in [-0.4, -0.2) is 20.2 Å². The number of hydrogen-bond acceptors (Lipinski definition) is 4. The number of aliphatic hydroxyl groups is 2. The molecule has 0 radical (unpaired) electrons. The molecular weight excluding hydrogens is 661 g/mol. The Morgan fingerprint density at radius 3 is 0.944 bits per heavy atom. The molecule has 2 N–H and O–H groups in total. The molecule has 2 heterocycles. The first-order chi connectivity index (χ1) is 26.2. The molecule has 2 aliphatic carbocycles. The van der Waals surface area contributed by atoms with Gasteiger partial charge < -0.3 is 10.2 Å². The standard InChI is InChI=1S/C36H22O2.2C7H9N/c37-35(31-13-5-1-9-27(31)28-10-2-6-14-32(28)35)23-21-25-17-19-26(20-18-25)22-24-36(38)33-15-7-3-11-29(33)30-12-4-8-16-34(30)36;2*1-6-3-4-8-5-7(6)2/h1-20,37-38H;2*3-5H,1-2H3. The van der Waals surface area contributed by atoms with Crippen molar-refractivity contribution in [2.24, 2.45) is 0 Å². The number of rotatable bonds is 0. The highest BCUT2D eigenvalue weighted by atomic mass is 16.3. The van der Waals surface area contributed by atoms with Gasteiger partial charge in [-0.25, -0.2) is 0 Å². The van der Waals surface area contributed by atoms with Crippen molar-refractivity contribution < 1.29 is 10.2 Å². The van der Waals surface area contributed by atoms with E-state index >= 15 is 0 Å². The van der Waals surface area contributed by atoms with E-state index in [4.69, 9.17) is 0 Å². The molecule has 262 valence electrons. The van der Waals surface area contributed by atoms with E-state index in [1.165, 1.54) is 22.3 Å². The van der Waals surface area contributed by atoms with E-state index in [1.54, 1.807) is 0 Å². The Morgan fingerprint density at radius 1 is 0.389 bits per heavy atom. The summed E-state index contributed by atoms with van der Waals surface area (Å²) in [5.74, 6) is 12.6. The van der Waals surface area contributed by atoms with E-state index in [0.717, 1.165) is 55.6 Å². The molecule has 0 spiro atoms. The lowest BCUT2D eigenvalue weighted by molar-refractivity contribution is 0.150. The minimum absolute atomic E-state index is 0.779. The second-order valence-electron chi connectivity index (χ2n) is 13.6. The predicted molar refractivity (Wildman–Crippen MR) is 217 cm³/mol. The lowest BCUT2D eigenvalue weighted by atomic mass is 9.91. The van der Waals surface area contributed by atoms with E-state index in [0.29, 0.717) is 0 Å². The summed E-state index contributed by atoms with van der Waals surface area (Å²) in [5, 5.41) is 23.4. The fraction of sp³-hybridized carbons (Fsp3) is 0.120. The van der Waals surface area contributed by atoms with Gasteiger partial charge in [0.25, 0.3) is 0 Å². The normalized spacial score (nSPS) is 13.0. The molecular formula is C50H40N2O2. The van der Waals surface area contributed by atoms with Crippen LogP contribution in [0.1, 0.15) is 55.6 Å². The molecule has 0 atom stereocenters. The molecule has 54 heavy (non-hydrogen) atoms. The molecule has 0 unspecified atom stereocenters. The van der Waals surface area contributed by atoms with Crippen LogP contribution in [0.3, 0.4) is 0 Å². The second kappa shape index (κ2) is 15.2. The zero-order valence-corrected chi connectivity index (χ0v) is 30.8. The average molecular weight is 701 g/mol. The van der Waals surface area contributed by atoms with Gasteiger partial charge in [-0.3, -0.25) is 9.97 Å². The quantitative estimate of drug-likeness (QED) is 0.155. The molecule has 0 fully saturated rings. The molecule has 4 heteroatoms. The highest BCUT2D eigenvalue weighted by molar-refractivity contribution is 5.83. The van der Waals surface area contributed by atoms with Crippen molar-refractivity contribution in [1.82, 2.24) is 9.97 Å². The van der Waals surface area contributed by atoms with Crippen LogP contribution >= 0.6 is 0 Å². The van der Waals surface area contributed by atoms with Crippen molar-refractivity contribution in [3.8, 4) is 45.9 Å². The number of pyridine rings is 2. The summed E-state index contributed by atoms with van der Waals surface area (Å²) in [4.78, 5) is 7.89. The number of aromatic nitrogens is 2. The lowest BCUT2D eigenvalue weighted by Crippen LogP contribution is -2.22. The SMILES string of the molecule is Cc1ccncc1C.Cc1ccncc1C.OC1(C#Cc2ccc(C#CC3(O)c4ccccc4-c4ccccc43)cc2)c2ccccc2-c2ccccc21. The summed E-state index contributed by atoms with van der Waals surface area (Å²) < 4.78 is 0. The van der Waals surface area contributed by atoms with Gasteiger partial charge in [0, 0.05) is 58.2 Å². The Kier molecular flexibility index (Phi) is 10.1. The van der Waals surface area contributed by atoms with Crippen LogP contribution in [0.25, 0.3) is 22.3 Å². The number of fused-ring (bicyclic) bond motifs is 6. The van der Waals surface area contributed by atoms with Gasteiger partial charge in [-0.15, -0.1) is 0 Å². The molecule has 5 aromatic carbocycles. The Labute approximate surface area is 317 Å². The van der Waals surface area contributed by atoms with Gasteiger partial charge in [0.1, 0.15) is 0 Å². The smallest absolute Gasteiger partial charge is 0.178 e. The van der Waals surface area contributed by atoms with Crippen LogP contribution in [0, 0.1) is 51.4 Å². The van der Waals surface area contributed by atoms with E-state index in [-0.39, 0.29) is 0 Å². The number of aryl methyl sites for hydroxylation is 4. The fourth-order valence-corrected chi connectivity index (χ4v) is 6.74. The summed E-state index contributed by atoms with van der Waals surface area (Å²) in [5.41, 5.74) is 11.2. The van der Waals surface area contributed by atoms with Gasteiger partial charge in [0.2, 0.25) is 0 Å². The molecule has 2 aliphatic rings. The maximum absolute atomic E-state index is 11.7. The van der Waals surface area contributed by atoms with Crippen molar-refractivity contribution in [3.05, 3.63) is 214 Å². The van der Waals surface area contributed by atoms with Gasteiger partial charge in [0.05, 0.1) is 0 Å². The molecule has 0 aliphatic heterocycles. The topological polar surface area (TPSA) is 66.2 Å². The average Bonchev–Trinajstić information content (AvgIpc) is 3.62. The van der Waals surface area contributed by atoms with Crippen LogP contribution in [0.15, 0.2) is 158 Å². The summed E-state index contributed by atoms with van der Waals surface area (Å²) in [6.45, 7) is 8.28. The van der Waals surface area contributed by atoms with Crippen LogP contribution in [0.4, 0.5) is 0 Å². The monoisotopic (exact) mass is 700 g/mol. The third-order valence-electron chi connectivity index (χ3n) is 10.1. The molecule has 2 aromatic heterocycles. The number of hydrogen-bond donors (Lipinski definition) is 2. The Morgan fingerprint density at radius 2 is 0.685 bits per heavy atom. The molecule has 0 saturated heterocycles. The zero-order chi connectivity index (χ0) is 37.7. The molecule has 4 nitrogen and oxygen atoms in total. The maximum atomic E-state index is 11.7. The minimum atomic E-state index is -1.36. The summed E-state index contributed by atoms with van der Waals surface area (Å²) in [6.07, 6.45) is 7.36. The minimum Gasteiger partial charge on any atom is -0.369 e. The van der Waals surface area contributed by atoms with Crippen LogP contribution in [0.2, 0.25) is 0 Å². The van der Waals surface area contributed by atoms with Crippen molar-refractivity contribution in [2.45, 2.75) is 38.9 Å². The second-order valence-corrected chi connectivity index (χ2v) is 13.6. The summed E-state index contributed by atoms with van der Waals surface area (Å²) in [6, 6.07) is 43.1. The Bertz CT molecular complexity index is 2280. The lowest BCUT2D eigenvalue weighted by Gasteiger charge is -2.19. The van der Waals surface area contributed by atoms with Crippen molar-refractivity contribution in [3.63, 3.8) is 0 Å². The first kappa shape index (κ1) is 35.8. The summed E-state index contributed by atoms with van der Waals surface area (Å²) >= 11 is 0. The predicted octanol–water partition coefficient (Wildman–Crippen LogP) is 9.62. The third kappa shape index (κ3) is 6.97. The van der Waals surface area contributed by atoms with E-state index in [9.17, 15) is 10.2 Å². The molecule has 0 bridgehead atoms. The first-order valence-corrected chi connectivity index (χ1v) is 17.9. The van der Waals surface area contributed by atoms with Gasteiger partial charge in [-0.05, 0) is 109 Å². The molecule has 7 aromatic rings. The Balaban J connectivity index is 0.000000232. The maximum Gasteiger partial charge on any atom is 0.178 e. The highest BCUT2D eigenvalue weighted by Crippen LogP contribution is 2.48. The number of nitrogens with zero attached hydrogens (tertiary/aromatic N) is 2. The number of benzene rings is 5. The highest BCUT2D eigenvalue weighted by Gasteiger charge is 2.41. The molecule has 0 amide bonds. The van der Waals surface area contributed by atoms with Gasteiger partial charge in [-0.2, -0.15) is 0 Å². The largest absolute Gasteiger partial charge is 0.369 e. The fourth-order valence-electron chi connectivity index (χ4n) is 6.74. The van der Waals surface area contributed by atoms with Gasteiger partial charge in [-0.1, -0.05) is 121 Å².